The molecule has 0 bridgehead atoms. The van der Waals surface area contributed by atoms with Crippen LogP contribution in [-0.2, 0) is 4.79 Å². The minimum atomic E-state index is -1.11. The predicted molar refractivity (Wildman–Crippen MR) is 64.8 cm³/mol. The minimum absolute atomic E-state index is 0.0978. The summed E-state index contributed by atoms with van der Waals surface area (Å²) in [5.74, 6) is -2.23. The molecule has 1 aromatic rings. The van der Waals surface area contributed by atoms with E-state index < -0.39 is 24.2 Å². The van der Waals surface area contributed by atoms with E-state index in [9.17, 15) is 14.0 Å². The summed E-state index contributed by atoms with van der Waals surface area (Å²) in [6.07, 6.45) is 0. The SMILES string of the molecule is CC(C)CN(CC(=O)O)C(=O)c1ccccc1F. The van der Waals surface area contributed by atoms with Crippen LogP contribution in [0.4, 0.5) is 4.39 Å². The van der Waals surface area contributed by atoms with Crippen LogP contribution >= 0.6 is 0 Å². The van der Waals surface area contributed by atoms with Crippen molar-refractivity contribution in [3.8, 4) is 0 Å². The number of hydrogen-bond donors (Lipinski definition) is 1. The summed E-state index contributed by atoms with van der Waals surface area (Å²) < 4.78 is 13.5. The van der Waals surface area contributed by atoms with Gasteiger partial charge in [-0.25, -0.2) is 4.39 Å². The largest absolute Gasteiger partial charge is 0.480 e. The van der Waals surface area contributed by atoms with Gasteiger partial charge in [0.2, 0.25) is 0 Å². The van der Waals surface area contributed by atoms with Crippen molar-refractivity contribution in [2.24, 2.45) is 5.92 Å². The van der Waals surface area contributed by atoms with Crippen molar-refractivity contribution in [1.29, 1.82) is 0 Å². The van der Waals surface area contributed by atoms with E-state index >= 15 is 0 Å². The Bertz CT molecular complexity index is 446. The summed E-state index contributed by atoms with van der Waals surface area (Å²) in [7, 11) is 0. The fraction of sp³-hybridized carbons (Fsp3) is 0.385. The minimum Gasteiger partial charge on any atom is -0.480 e. The number of hydrogen-bond acceptors (Lipinski definition) is 2. The first-order valence-electron chi connectivity index (χ1n) is 5.67. The lowest BCUT2D eigenvalue weighted by Crippen LogP contribution is -2.38. The average Bonchev–Trinajstić information content (AvgIpc) is 2.26. The van der Waals surface area contributed by atoms with Crippen molar-refractivity contribution in [2.75, 3.05) is 13.1 Å². The van der Waals surface area contributed by atoms with Gasteiger partial charge in [0.15, 0.2) is 0 Å². The van der Waals surface area contributed by atoms with Crippen LogP contribution in [0.3, 0.4) is 0 Å². The molecule has 0 heterocycles. The Morgan fingerprint density at radius 1 is 1.33 bits per heavy atom. The van der Waals surface area contributed by atoms with Gasteiger partial charge in [0.25, 0.3) is 5.91 Å². The molecule has 0 spiro atoms. The van der Waals surface area contributed by atoms with E-state index in [-0.39, 0.29) is 18.0 Å². The molecule has 0 aliphatic rings. The summed E-state index contributed by atoms with van der Waals surface area (Å²) in [6, 6.07) is 5.56. The summed E-state index contributed by atoms with van der Waals surface area (Å²) in [4.78, 5) is 23.9. The first kappa shape index (κ1) is 14.2. The first-order chi connectivity index (χ1) is 8.41. The lowest BCUT2D eigenvalue weighted by Gasteiger charge is -2.22. The predicted octanol–water partition coefficient (Wildman–Crippen LogP) is 2.01. The smallest absolute Gasteiger partial charge is 0.323 e. The molecule has 4 nitrogen and oxygen atoms in total. The van der Waals surface area contributed by atoms with Crippen LogP contribution in [0.5, 0.6) is 0 Å². The quantitative estimate of drug-likeness (QED) is 0.873. The molecule has 5 heteroatoms. The van der Waals surface area contributed by atoms with Gasteiger partial charge in [0, 0.05) is 6.54 Å². The molecule has 0 aliphatic heterocycles. The number of carboxylic acids is 1. The zero-order valence-corrected chi connectivity index (χ0v) is 10.4. The Labute approximate surface area is 105 Å². The molecular weight excluding hydrogens is 237 g/mol. The molecule has 0 aromatic heterocycles. The third-order valence-corrected chi connectivity index (χ3v) is 2.30. The van der Waals surface area contributed by atoms with Gasteiger partial charge < -0.3 is 10.0 Å². The Balaban J connectivity index is 2.95. The van der Waals surface area contributed by atoms with Crippen molar-refractivity contribution in [3.63, 3.8) is 0 Å². The summed E-state index contributed by atoms with van der Waals surface area (Å²) in [5.41, 5.74) is -0.0978. The van der Waals surface area contributed by atoms with Gasteiger partial charge in [-0.15, -0.1) is 0 Å². The number of amides is 1. The Morgan fingerprint density at radius 3 is 2.44 bits per heavy atom. The van der Waals surface area contributed by atoms with Crippen molar-refractivity contribution in [1.82, 2.24) is 4.90 Å². The van der Waals surface area contributed by atoms with Gasteiger partial charge in [-0.2, -0.15) is 0 Å². The molecule has 1 N–H and O–H groups in total. The van der Waals surface area contributed by atoms with Gasteiger partial charge in [-0.3, -0.25) is 9.59 Å². The van der Waals surface area contributed by atoms with Gasteiger partial charge in [0.05, 0.1) is 5.56 Å². The Hall–Kier alpha value is -1.91. The van der Waals surface area contributed by atoms with Gasteiger partial charge >= 0.3 is 5.97 Å². The number of carbonyl (C=O) groups excluding carboxylic acids is 1. The molecule has 0 fully saturated rings. The number of nitrogens with zero attached hydrogens (tertiary/aromatic N) is 1. The van der Waals surface area contributed by atoms with E-state index in [1.807, 2.05) is 13.8 Å². The van der Waals surface area contributed by atoms with E-state index in [4.69, 9.17) is 5.11 Å². The average molecular weight is 253 g/mol. The maximum Gasteiger partial charge on any atom is 0.323 e. The number of carboxylic acid groups (broad SMARTS) is 1. The molecule has 0 radical (unpaired) electrons. The fourth-order valence-corrected chi connectivity index (χ4v) is 1.63. The highest BCUT2D eigenvalue weighted by Crippen LogP contribution is 2.11. The number of benzene rings is 1. The number of rotatable bonds is 5. The van der Waals surface area contributed by atoms with E-state index in [0.717, 1.165) is 4.90 Å². The van der Waals surface area contributed by atoms with Crippen LogP contribution in [0.15, 0.2) is 24.3 Å². The van der Waals surface area contributed by atoms with Crippen molar-refractivity contribution < 1.29 is 19.1 Å². The zero-order valence-electron chi connectivity index (χ0n) is 10.4. The van der Waals surface area contributed by atoms with E-state index in [1.165, 1.54) is 18.2 Å². The summed E-state index contributed by atoms with van der Waals surface area (Å²) >= 11 is 0. The van der Waals surface area contributed by atoms with E-state index in [1.54, 1.807) is 6.07 Å². The van der Waals surface area contributed by atoms with Gasteiger partial charge in [-0.1, -0.05) is 26.0 Å². The van der Waals surface area contributed by atoms with Crippen LogP contribution < -0.4 is 0 Å². The molecule has 98 valence electrons. The lowest BCUT2D eigenvalue weighted by molar-refractivity contribution is -0.137. The molecule has 1 rings (SSSR count). The number of aliphatic carboxylic acids is 1. The zero-order chi connectivity index (χ0) is 13.7. The van der Waals surface area contributed by atoms with Crippen LogP contribution in [0, 0.1) is 11.7 Å². The highest BCUT2D eigenvalue weighted by atomic mass is 19.1. The number of carbonyl (C=O) groups is 2. The molecule has 0 atom stereocenters. The van der Waals surface area contributed by atoms with Gasteiger partial charge in [-0.05, 0) is 18.1 Å². The topological polar surface area (TPSA) is 57.6 Å². The molecule has 0 aliphatic carbocycles. The maximum atomic E-state index is 13.5. The molecule has 0 saturated heterocycles. The third-order valence-electron chi connectivity index (χ3n) is 2.30. The van der Waals surface area contributed by atoms with E-state index in [2.05, 4.69) is 0 Å². The van der Waals surface area contributed by atoms with Crippen molar-refractivity contribution >= 4 is 11.9 Å². The fourth-order valence-electron chi connectivity index (χ4n) is 1.63. The van der Waals surface area contributed by atoms with Crippen LogP contribution in [0.2, 0.25) is 0 Å². The Kier molecular flexibility index (Phi) is 4.83. The number of halogens is 1. The van der Waals surface area contributed by atoms with Crippen molar-refractivity contribution in [2.45, 2.75) is 13.8 Å². The van der Waals surface area contributed by atoms with E-state index in [0.29, 0.717) is 0 Å². The van der Waals surface area contributed by atoms with Crippen molar-refractivity contribution in [3.05, 3.63) is 35.6 Å². The summed E-state index contributed by atoms with van der Waals surface area (Å²) in [5, 5.41) is 8.77. The molecular formula is C13H16FNO3. The Morgan fingerprint density at radius 2 is 1.94 bits per heavy atom. The second-order valence-corrected chi connectivity index (χ2v) is 4.45. The summed E-state index contributed by atoms with van der Waals surface area (Å²) in [6.45, 7) is 3.58. The van der Waals surface area contributed by atoms with Crippen LogP contribution in [0.1, 0.15) is 24.2 Å². The normalized spacial score (nSPS) is 10.4. The second kappa shape index (κ2) is 6.14. The van der Waals surface area contributed by atoms with Crippen LogP contribution in [-0.4, -0.2) is 35.0 Å². The monoisotopic (exact) mass is 253 g/mol. The van der Waals surface area contributed by atoms with Gasteiger partial charge in [0.1, 0.15) is 12.4 Å². The third kappa shape index (κ3) is 3.84. The maximum absolute atomic E-state index is 13.5. The first-order valence-corrected chi connectivity index (χ1v) is 5.67. The molecule has 0 saturated carbocycles. The highest BCUT2D eigenvalue weighted by molar-refractivity contribution is 5.96. The lowest BCUT2D eigenvalue weighted by atomic mass is 10.1. The second-order valence-electron chi connectivity index (χ2n) is 4.45. The standard InChI is InChI=1S/C13H16FNO3/c1-9(2)7-15(8-12(16)17)13(18)10-5-3-4-6-11(10)14/h3-6,9H,7-8H2,1-2H3,(H,16,17). The van der Waals surface area contributed by atoms with Crippen LogP contribution in [0.25, 0.3) is 0 Å². The molecule has 18 heavy (non-hydrogen) atoms. The highest BCUT2D eigenvalue weighted by Gasteiger charge is 2.21. The molecule has 0 unspecified atom stereocenters. The molecule has 1 aromatic carbocycles. The molecule has 1 amide bonds.